The molecule has 4 heteroatoms. The van der Waals surface area contributed by atoms with Crippen molar-refractivity contribution in [2.24, 2.45) is 0 Å². The zero-order valence-electron chi connectivity index (χ0n) is 9.58. The summed E-state index contributed by atoms with van der Waals surface area (Å²) in [5, 5.41) is 6.11. The van der Waals surface area contributed by atoms with Crippen LogP contribution in [0.1, 0.15) is 31.4 Å². The Morgan fingerprint density at radius 2 is 2.44 bits per heavy atom. The van der Waals surface area contributed by atoms with Crippen molar-refractivity contribution in [3.05, 3.63) is 17.9 Å². The molecule has 1 fully saturated rings. The number of rotatable bonds is 3. The zero-order valence-corrected chi connectivity index (χ0v) is 9.58. The monoisotopic (exact) mass is 222 g/mol. The lowest BCUT2D eigenvalue weighted by Gasteiger charge is -2.22. The van der Waals surface area contributed by atoms with Crippen molar-refractivity contribution in [3.8, 4) is 0 Å². The highest BCUT2D eigenvalue weighted by molar-refractivity contribution is 5.89. The summed E-state index contributed by atoms with van der Waals surface area (Å²) in [6, 6.07) is 3.94. The van der Waals surface area contributed by atoms with Gasteiger partial charge < -0.3 is 9.73 Å². The maximum atomic E-state index is 11.7. The van der Waals surface area contributed by atoms with E-state index < -0.39 is 0 Å². The van der Waals surface area contributed by atoms with E-state index in [9.17, 15) is 4.79 Å². The summed E-state index contributed by atoms with van der Waals surface area (Å²) in [7, 11) is 0. The van der Waals surface area contributed by atoms with Gasteiger partial charge in [0.15, 0.2) is 5.88 Å². The largest absolute Gasteiger partial charge is 0.446 e. The van der Waals surface area contributed by atoms with Crippen LogP contribution in [-0.2, 0) is 4.79 Å². The minimum absolute atomic E-state index is 0.0220. The van der Waals surface area contributed by atoms with E-state index in [0.29, 0.717) is 18.3 Å². The Bertz CT molecular complexity index is 354. The summed E-state index contributed by atoms with van der Waals surface area (Å²) in [6.07, 6.45) is 4.05. The number of furan rings is 1. The molecule has 1 aliphatic rings. The number of carbonyl (C=O) groups is 1. The Hall–Kier alpha value is -1.29. The van der Waals surface area contributed by atoms with E-state index in [1.165, 1.54) is 12.8 Å². The fourth-order valence-corrected chi connectivity index (χ4v) is 2.01. The van der Waals surface area contributed by atoms with Gasteiger partial charge in [-0.1, -0.05) is 6.42 Å². The van der Waals surface area contributed by atoms with Crippen molar-refractivity contribution >= 4 is 11.8 Å². The second-order valence-corrected chi connectivity index (χ2v) is 4.31. The van der Waals surface area contributed by atoms with Crippen LogP contribution in [0.25, 0.3) is 0 Å². The predicted octanol–water partition coefficient (Wildman–Crippen LogP) is 2.06. The highest BCUT2D eigenvalue weighted by Crippen LogP contribution is 2.14. The number of piperidine rings is 1. The maximum absolute atomic E-state index is 11.7. The average molecular weight is 222 g/mol. The molecule has 2 heterocycles. The van der Waals surface area contributed by atoms with E-state index in [1.807, 2.05) is 13.0 Å². The van der Waals surface area contributed by atoms with Crippen molar-refractivity contribution in [2.75, 3.05) is 11.9 Å². The fraction of sp³-hybridized carbons (Fsp3) is 0.583. The summed E-state index contributed by atoms with van der Waals surface area (Å²) in [5.41, 5.74) is 0. The highest BCUT2D eigenvalue weighted by Gasteiger charge is 2.16. The van der Waals surface area contributed by atoms with Gasteiger partial charge >= 0.3 is 0 Å². The Balaban J connectivity index is 1.79. The Morgan fingerprint density at radius 1 is 1.56 bits per heavy atom. The second-order valence-electron chi connectivity index (χ2n) is 4.31. The van der Waals surface area contributed by atoms with Crippen LogP contribution in [0.5, 0.6) is 0 Å². The van der Waals surface area contributed by atoms with Crippen LogP contribution in [0, 0.1) is 6.92 Å². The molecule has 1 saturated heterocycles. The molecule has 16 heavy (non-hydrogen) atoms. The molecule has 2 rings (SSSR count). The molecule has 1 aromatic rings. The molecule has 1 amide bonds. The quantitative estimate of drug-likeness (QED) is 0.823. The summed E-state index contributed by atoms with van der Waals surface area (Å²) in [5.74, 6) is 1.37. The first-order valence-electron chi connectivity index (χ1n) is 5.84. The van der Waals surface area contributed by atoms with E-state index in [2.05, 4.69) is 10.6 Å². The van der Waals surface area contributed by atoms with Gasteiger partial charge in [0.05, 0.1) is 0 Å². The van der Waals surface area contributed by atoms with Gasteiger partial charge in [-0.15, -0.1) is 0 Å². The molecule has 0 aromatic carbocycles. The number of amides is 1. The van der Waals surface area contributed by atoms with Crippen molar-refractivity contribution in [1.29, 1.82) is 0 Å². The lowest BCUT2D eigenvalue weighted by Crippen LogP contribution is -2.36. The highest BCUT2D eigenvalue weighted by atomic mass is 16.4. The van der Waals surface area contributed by atoms with Crippen LogP contribution < -0.4 is 10.6 Å². The van der Waals surface area contributed by atoms with E-state index in [1.54, 1.807) is 6.07 Å². The Morgan fingerprint density at radius 3 is 3.06 bits per heavy atom. The molecule has 0 radical (unpaired) electrons. The zero-order chi connectivity index (χ0) is 11.4. The van der Waals surface area contributed by atoms with Crippen molar-refractivity contribution in [3.63, 3.8) is 0 Å². The number of hydrogen-bond acceptors (Lipinski definition) is 3. The molecule has 88 valence electrons. The van der Waals surface area contributed by atoms with Gasteiger partial charge in [-0.05, 0) is 32.4 Å². The molecule has 1 unspecified atom stereocenters. The predicted molar refractivity (Wildman–Crippen MR) is 62.3 cm³/mol. The van der Waals surface area contributed by atoms with Crippen LogP contribution in [0.4, 0.5) is 5.88 Å². The first-order chi connectivity index (χ1) is 7.74. The van der Waals surface area contributed by atoms with Gasteiger partial charge in [0.1, 0.15) is 5.76 Å². The molecule has 1 atom stereocenters. The first-order valence-corrected chi connectivity index (χ1v) is 5.84. The maximum Gasteiger partial charge on any atom is 0.228 e. The van der Waals surface area contributed by atoms with Gasteiger partial charge in [-0.25, -0.2) is 0 Å². The summed E-state index contributed by atoms with van der Waals surface area (Å²) >= 11 is 0. The van der Waals surface area contributed by atoms with Gasteiger partial charge in [-0.3, -0.25) is 10.1 Å². The fourth-order valence-electron chi connectivity index (χ4n) is 2.01. The van der Waals surface area contributed by atoms with Gasteiger partial charge in [-0.2, -0.15) is 0 Å². The molecule has 0 aliphatic carbocycles. The molecular weight excluding hydrogens is 204 g/mol. The van der Waals surface area contributed by atoms with Crippen LogP contribution in [-0.4, -0.2) is 18.5 Å². The molecule has 0 bridgehead atoms. The molecule has 4 nitrogen and oxygen atoms in total. The van der Waals surface area contributed by atoms with E-state index in [4.69, 9.17) is 4.42 Å². The lowest BCUT2D eigenvalue weighted by atomic mass is 10.0. The first kappa shape index (κ1) is 11.2. The molecule has 0 saturated carbocycles. The number of nitrogens with one attached hydrogen (secondary N) is 2. The topological polar surface area (TPSA) is 54.3 Å². The van der Waals surface area contributed by atoms with Crippen molar-refractivity contribution in [1.82, 2.24) is 5.32 Å². The summed E-state index contributed by atoms with van der Waals surface area (Å²) in [4.78, 5) is 11.7. The molecule has 0 spiro atoms. The summed E-state index contributed by atoms with van der Waals surface area (Å²) in [6.45, 7) is 2.89. The molecule has 2 N–H and O–H groups in total. The van der Waals surface area contributed by atoms with Gasteiger partial charge in [0.2, 0.25) is 5.91 Å². The number of anilines is 1. The smallest absolute Gasteiger partial charge is 0.228 e. The third-order valence-electron chi connectivity index (χ3n) is 2.85. The third-order valence-corrected chi connectivity index (χ3v) is 2.85. The van der Waals surface area contributed by atoms with Gasteiger partial charge in [0, 0.05) is 18.5 Å². The number of aryl methyl sites for hydroxylation is 1. The van der Waals surface area contributed by atoms with Crippen LogP contribution >= 0.6 is 0 Å². The van der Waals surface area contributed by atoms with Crippen LogP contribution in [0.15, 0.2) is 16.5 Å². The number of carbonyl (C=O) groups excluding carboxylic acids is 1. The summed E-state index contributed by atoms with van der Waals surface area (Å²) < 4.78 is 5.29. The number of hydrogen-bond donors (Lipinski definition) is 2. The van der Waals surface area contributed by atoms with Crippen LogP contribution in [0.2, 0.25) is 0 Å². The normalized spacial score (nSPS) is 20.7. The van der Waals surface area contributed by atoms with Crippen molar-refractivity contribution in [2.45, 2.75) is 38.6 Å². The van der Waals surface area contributed by atoms with Crippen LogP contribution in [0.3, 0.4) is 0 Å². The molecule has 1 aliphatic heterocycles. The van der Waals surface area contributed by atoms with Gasteiger partial charge in [0.25, 0.3) is 0 Å². The second kappa shape index (κ2) is 5.16. The SMILES string of the molecule is Cc1ccc(NC(=O)CC2CCCCN2)o1. The minimum atomic E-state index is 0.0220. The average Bonchev–Trinajstić information content (AvgIpc) is 2.65. The third kappa shape index (κ3) is 3.10. The lowest BCUT2D eigenvalue weighted by molar-refractivity contribution is -0.116. The van der Waals surface area contributed by atoms with E-state index in [-0.39, 0.29) is 5.91 Å². The standard InChI is InChI=1S/C12H18N2O2/c1-9-5-6-12(16-9)14-11(15)8-10-4-2-3-7-13-10/h5-6,10,13H,2-4,7-8H2,1H3,(H,14,15). The Kier molecular flexibility index (Phi) is 3.62. The Labute approximate surface area is 95.4 Å². The molecular formula is C12H18N2O2. The minimum Gasteiger partial charge on any atom is -0.446 e. The van der Waals surface area contributed by atoms with Crippen molar-refractivity contribution < 1.29 is 9.21 Å². The van der Waals surface area contributed by atoms with E-state index >= 15 is 0 Å². The molecule has 1 aromatic heterocycles. The van der Waals surface area contributed by atoms with E-state index in [0.717, 1.165) is 18.7 Å².